The average Bonchev–Trinajstić information content (AvgIpc) is 2.75. The quantitative estimate of drug-likeness (QED) is 0.600. The van der Waals surface area contributed by atoms with Gasteiger partial charge in [-0.1, -0.05) is 18.2 Å². The lowest BCUT2D eigenvalue weighted by molar-refractivity contribution is -0.123. The van der Waals surface area contributed by atoms with E-state index in [0.29, 0.717) is 25.4 Å². The van der Waals surface area contributed by atoms with Crippen molar-refractivity contribution < 1.29 is 9.53 Å². The molecule has 3 rings (SSSR count). The second-order valence-electron chi connectivity index (χ2n) is 6.21. The Balaban J connectivity index is 1.78. The first-order chi connectivity index (χ1) is 13.8. The van der Waals surface area contributed by atoms with E-state index >= 15 is 0 Å². The molecule has 0 saturated carbocycles. The van der Waals surface area contributed by atoms with Crippen LogP contribution in [0.25, 0.3) is 0 Å². The molecule has 0 saturated heterocycles. The predicted octanol–water partition coefficient (Wildman–Crippen LogP) is 3.02. The van der Waals surface area contributed by atoms with E-state index in [-0.39, 0.29) is 5.91 Å². The molecule has 28 heavy (non-hydrogen) atoms. The largest absolute Gasteiger partial charge is 0.494 e. The van der Waals surface area contributed by atoms with Crippen LogP contribution in [-0.4, -0.2) is 22.5 Å². The molecule has 1 amide bonds. The van der Waals surface area contributed by atoms with E-state index in [1.807, 2.05) is 55.5 Å². The Morgan fingerprint density at radius 3 is 2.18 bits per heavy atom. The summed E-state index contributed by atoms with van der Waals surface area (Å²) in [6, 6.07) is 14.7. The van der Waals surface area contributed by atoms with Gasteiger partial charge in [-0.15, -0.1) is 0 Å². The highest BCUT2D eigenvalue weighted by Gasteiger charge is 2.23. The fourth-order valence-corrected chi connectivity index (χ4v) is 2.86. The molecule has 0 aliphatic rings. The van der Waals surface area contributed by atoms with Crippen molar-refractivity contribution in [1.29, 1.82) is 0 Å². The lowest BCUT2D eigenvalue weighted by atomic mass is 10.0. The van der Waals surface area contributed by atoms with Crippen molar-refractivity contribution in [2.45, 2.75) is 26.1 Å². The molecule has 0 unspecified atom stereocenters. The minimum atomic E-state index is -0.544. The maximum atomic E-state index is 13.0. The van der Waals surface area contributed by atoms with Crippen molar-refractivity contribution >= 4 is 5.91 Å². The van der Waals surface area contributed by atoms with Gasteiger partial charge < -0.3 is 10.1 Å². The summed E-state index contributed by atoms with van der Waals surface area (Å²) < 4.78 is 5.74. The minimum absolute atomic E-state index is 0.113. The first kappa shape index (κ1) is 19.5. The van der Waals surface area contributed by atoms with Gasteiger partial charge in [-0.3, -0.25) is 20.1 Å². The van der Waals surface area contributed by atoms with Gasteiger partial charge in [-0.05, 0) is 48.4 Å². The van der Waals surface area contributed by atoms with Gasteiger partial charge in [-0.25, -0.2) is 0 Å². The zero-order valence-electron chi connectivity index (χ0n) is 15.8. The van der Waals surface area contributed by atoms with Crippen LogP contribution in [0, 0.1) is 0 Å². The molecule has 0 fully saturated rings. The molecule has 0 radical (unpaired) electrons. The zero-order chi connectivity index (χ0) is 19.6. The topological polar surface area (TPSA) is 76.1 Å². The summed E-state index contributed by atoms with van der Waals surface area (Å²) in [4.78, 5) is 21.1. The zero-order valence-corrected chi connectivity index (χ0v) is 15.8. The molecule has 0 spiro atoms. The first-order valence-electron chi connectivity index (χ1n) is 9.28. The Labute approximate surface area is 165 Å². The Kier molecular flexibility index (Phi) is 7.09. The number of aromatic nitrogens is 2. The molecule has 6 nitrogen and oxygen atoms in total. The normalized spacial score (nSPS) is 11.6. The van der Waals surface area contributed by atoms with E-state index in [2.05, 4.69) is 20.6 Å². The standard InChI is InChI=1S/C22H24N4O2/c1-2-28-20-6-4-3-5-19(20)21(25-15-17-7-11-23-12-8-17)22(27)26-16-18-9-13-24-14-10-18/h3-14,21,25H,2,15-16H2,1H3,(H,26,27)/t21-/m1/s1. The number of carbonyl (C=O) groups excluding carboxylic acids is 1. The van der Waals surface area contributed by atoms with Crippen LogP contribution in [0.1, 0.15) is 29.7 Å². The molecule has 0 aliphatic heterocycles. The Hall–Kier alpha value is -3.25. The molecule has 1 aromatic carbocycles. The van der Waals surface area contributed by atoms with E-state index in [1.54, 1.807) is 24.8 Å². The maximum absolute atomic E-state index is 13.0. The van der Waals surface area contributed by atoms with E-state index in [4.69, 9.17) is 4.74 Å². The number of carbonyl (C=O) groups is 1. The van der Waals surface area contributed by atoms with E-state index < -0.39 is 6.04 Å². The van der Waals surface area contributed by atoms with Gasteiger partial charge in [0.2, 0.25) is 5.91 Å². The molecule has 0 bridgehead atoms. The summed E-state index contributed by atoms with van der Waals surface area (Å²) >= 11 is 0. The Morgan fingerprint density at radius 1 is 0.929 bits per heavy atom. The van der Waals surface area contributed by atoms with E-state index in [1.165, 1.54) is 0 Å². The number of rotatable bonds is 9. The number of pyridine rings is 2. The van der Waals surface area contributed by atoms with Crippen molar-refractivity contribution in [3.05, 3.63) is 90.0 Å². The van der Waals surface area contributed by atoms with Crippen LogP contribution >= 0.6 is 0 Å². The van der Waals surface area contributed by atoms with Crippen molar-refractivity contribution in [3.63, 3.8) is 0 Å². The summed E-state index contributed by atoms with van der Waals surface area (Å²) in [6.45, 7) is 3.44. The number of para-hydroxylation sites is 1. The van der Waals surface area contributed by atoms with E-state index in [0.717, 1.165) is 16.7 Å². The second kappa shape index (κ2) is 10.2. The molecular formula is C22H24N4O2. The van der Waals surface area contributed by atoms with Crippen molar-refractivity contribution in [2.24, 2.45) is 0 Å². The lowest BCUT2D eigenvalue weighted by Crippen LogP contribution is -2.37. The predicted molar refractivity (Wildman–Crippen MR) is 108 cm³/mol. The number of amides is 1. The van der Waals surface area contributed by atoms with E-state index in [9.17, 15) is 4.79 Å². The first-order valence-corrected chi connectivity index (χ1v) is 9.28. The van der Waals surface area contributed by atoms with Crippen LogP contribution in [0.15, 0.2) is 73.3 Å². The Bertz CT molecular complexity index is 872. The monoisotopic (exact) mass is 376 g/mol. The fourth-order valence-electron chi connectivity index (χ4n) is 2.86. The average molecular weight is 376 g/mol. The SMILES string of the molecule is CCOc1ccccc1[C@@H](NCc1ccncc1)C(=O)NCc1ccncc1. The van der Waals surface area contributed by atoms with Gasteiger partial charge in [0, 0.05) is 43.4 Å². The number of nitrogens with zero attached hydrogens (tertiary/aromatic N) is 2. The number of hydrogen-bond donors (Lipinski definition) is 2. The second-order valence-corrected chi connectivity index (χ2v) is 6.21. The summed E-state index contributed by atoms with van der Waals surface area (Å²) in [7, 11) is 0. The van der Waals surface area contributed by atoms with Gasteiger partial charge in [-0.2, -0.15) is 0 Å². The highest BCUT2D eigenvalue weighted by Crippen LogP contribution is 2.26. The Morgan fingerprint density at radius 2 is 1.54 bits per heavy atom. The van der Waals surface area contributed by atoms with Crippen molar-refractivity contribution in [3.8, 4) is 5.75 Å². The smallest absolute Gasteiger partial charge is 0.242 e. The third-order valence-electron chi connectivity index (χ3n) is 4.27. The molecule has 2 heterocycles. The highest BCUT2D eigenvalue weighted by atomic mass is 16.5. The molecule has 144 valence electrons. The molecule has 2 N–H and O–H groups in total. The minimum Gasteiger partial charge on any atom is -0.494 e. The van der Waals surface area contributed by atoms with Crippen LogP contribution in [0.5, 0.6) is 5.75 Å². The number of benzene rings is 1. The number of ether oxygens (including phenoxy) is 1. The third kappa shape index (κ3) is 5.37. The number of hydrogen-bond acceptors (Lipinski definition) is 5. The summed E-state index contributed by atoms with van der Waals surface area (Å²) in [5, 5.41) is 6.36. The van der Waals surface area contributed by atoms with Crippen LogP contribution < -0.4 is 15.4 Å². The summed E-state index contributed by atoms with van der Waals surface area (Å²) in [5.74, 6) is 0.592. The van der Waals surface area contributed by atoms with Gasteiger partial charge in [0.15, 0.2) is 0 Å². The molecule has 1 atom stereocenters. The molecule has 6 heteroatoms. The summed E-state index contributed by atoms with van der Waals surface area (Å²) in [6.07, 6.45) is 6.91. The maximum Gasteiger partial charge on any atom is 0.242 e. The van der Waals surface area contributed by atoms with Gasteiger partial charge in [0.25, 0.3) is 0 Å². The lowest BCUT2D eigenvalue weighted by Gasteiger charge is -2.21. The summed E-state index contributed by atoms with van der Waals surface area (Å²) in [5.41, 5.74) is 2.86. The van der Waals surface area contributed by atoms with Gasteiger partial charge in [0.1, 0.15) is 11.8 Å². The van der Waals surface area contributed by atoms with Gasteiger partial charge >= 0.3 is 0 Å². The van der Waals surface area contributed by atoms with Crippen LogP contribution in [0.2, 0.25) is 0 Å². The van der Waals surface area contributed by atoms with Crippen LogP contribution in [0.3, 0.4) is 0 Å². The van der Waals surface area contributed by atoms with Crippen LogP contribution in [-0.2, 0) is 17.9 Å². The third-order valence-corrected chi connectivity index (χ3v) is 4.27. The molecule has 3 aromatic rings. The number of nitrogens with one attached hydrogen (secondary N) is 2. The van der Waals surface area contributed by atoms with Gasteiger partial charge in [0.05, 0.1) is 6.61 Å². The fraction of sp³-hybridized carbons (Fsp3) is 0.227. The molecule has 0 aliphatic carbocycles. The van der Waals surface area contributed by atoms with Crippen molar-refractivity contribution in [2.75, 3.05) is 6.61 Å². The van der Waals surface area contributed by atoms with Crippen LogP contribution in [0.4, 0.5) is 0 Å². The van der Waals surface area contributed by atoms with Crippen molar-refractivity contribution in [1.82, 2.24) is 20.6 Å². The molecule has 2 aromatic heterocycles. The highest BCUT2D eigenvalue weighted by molar-refractivity contribution is 5.84. The molecular weight excluding hydrogens is 352 g/mol.